The molecule has 0 spiro atoms. The highest BCUT2D eigenvalue weighted by molar-refractivity contribution is 8.76. The molecule has 0 aliphatic carbocycles. The summed E-state index contributed by atoms with van der Waals surface area (Å²) in [7, 11) is 2.97. The Hall–Kier alpha value is -2.99. The standard InChI is InChI=1S/C26H34N4O6S2/c1-16(2)23-26(35)29-20-15-38-37-11-7-6-10-18(13-21(31)30-23)36-22(32)14-27-24(33)19(28-25(20)34)12-17-8-4-3-5-9-17/h3-6,8-10,16,18-20,23H,7,11-15H2,1-2H3,(H,27,33)(H,28,34)(H,29,35)(H,30,31)/b10-6+/t18-,19-,20-,23-/m1/s1. The third-order valence-electron chi connectivity index (χ3n) is 5.93. The summed E-state index contributed by atoms with van der Waals surface area (Å²) in [4.78, 5) is 65.1. The molecule has 4 atom stereocenters. The molecule has 4 amide bonds. The van der Waals surface area contributed by atoms with Crippen LogP contribution >= 0.6 is 21.6 Å². The summed E-state index contributed by atoms with van der Waals surface area (Å²) in [5.41, 5.74) is 0.814. The smallest absolute Gasteiger partial charge is 0.326 e. The molecular formula is C26H34N4O6S2. The molecule has 1 saturated heterocycles. The van der Waals surface area contributed by atoms with E-state index in [1.54, 1.807) is 19.9 Å². The fourth-order valence-corrected chi connectivity index (χ4v) is 6.06. The molecule has 10 nitrogen and oxygen atoms in total. The Morgan fingerprint density at radius 3 is 2.45 bits per heavy atom. The monoisotopic (exact) mass is 562 g/mol. The highest BCUT2D eigenvalue weighted by Gasteiger charge is 2.32. The molecule has 2 bridgehead atoms. The van der Waals surface area contributed by atoms with Crippen molar-refractivity contribution in [2.45, 2.75) is 57.3 Å². The SMILES string of the molecule is CC(C)[C@H]1NC(=O)C[C@H]2/C=C/CCSSC[C@@H](NC1=O)C(=O)N[C@H](Cc1ccccc1)C(=O)NCC(=O)O2. The molecule has 0 radical (unpaired) electrons. The minimum atomic E-state index is -0.991. The Bertz CT molecular complexity index is 1040. The van der Waals surface area contributed by atoms with Crippen molar-refractivity contribution in [3.63, 3.8) is 0 Å². The van der Waals surface area contributed by atoms with Gasteiger partial charge in [0.2, 0.25) is 23.6 Å². The molecule has 38 heavy (non-hydrogen) atoms. The van der Waals surface area contributed by atoms with Crippen molar-refractivity contribution in [3.05, 3.63) is 48.0 Å². The summed E-state index contributed by atoms with van der Waals surface area (Å²) in [5.74, 6) is -2.09. The number of fused-ring (bicyclic) bond motifs is 7. The Morgan fingerprint density at radius 2 is 1.71 bits per heavy atom. The maximum absolute atomic E-state index is 13.4. The van der Waals surface area contributed by atoms with Crippen molar-refractivity contribution in [2.75, 3.05) is 18.1 Å². The molecule has 1 fully saturated rings. The first-order chi connectivity index (χ1) is 18.2. The third kappa shape index (κ3) is 9.39. The minimum absolute atomic E-state index is 0.185. The Morgan fingerprint density at radius 1 is 0.947 bits per heavy atom. The van der Waals surface area contributed by atoms with E-state index >= 15 is 0 Å². The Balaban J connectivity index is 1.96. The number of ether oxygens (including phenoxy) is 1. The maximum Gasteiger partial charge on any atom is 0.326 e. The first-order valence-corrected chi connectivity index (χ1v) is 15.0. The average Bonchev–Trinajstić information content (AvgIpc) is 2.88. The topological polar surface area (TPSA) is 143 Å². The van der Waals surface area contributed by atoms with Crippen LogP contribution in [-0.4, -0.2) is 71.9 Å². The second-order valence-electron chi connectivity index (χ2n) is 9.37. The van der Waals surface area contributed by atoms with E-state index in [0.29, 0.717) is 12.2 Å². The number of nitrogens with one attached hydrogen (secondary N) is 4. The average molecular weight is 563 g/mol. The predicted molar refractivity (Wildman–Crippen MR) is 147 cm³/mol. The summed E-state index contributed by atoms with van der Waals surface area (Å²) < 4.78 is 5.48. The second kappa shape index (κ2) is 14.8. The van der Waals surface area contributed by atoms with Gasteiger partial charge in [-0.25, -0.2) is 0 Å². The number of esters is 1. The van der Waals surface area contributed by atoms with Gasteiger partial charge in [-0.1, -0.05) is 71.8 Å². The van der Waals surface area contributed by atoms with E-state index in [-0.39, 0.29) is 24.5 Å². The van der Waals surface area contributed by atoms with Crippen molar-refractivity contribution in [1.82, 2.24) is 21.3 Å². The van der Waals surface area contributed by atoms with Crippen LogP contribution in [0.15, 0.2) is 42.5 Å². The number of rotatable bonds is 3. The lowest BCUT2D eigenvalue weighted by molar-refractivity contribution is -0.148. The van der Waals surface area contributed by atoms with E-state index in [1.165, 1.54) is 21.6 Å². The van der Waals surface area contributed by atoms with E-state index in [1.807, 2.05) is 36.4 Å². The molecule has 3 rings (SSSR count). The van der Waals surface area contributed by atoms with Crippen LogP contribution in [0.4, 0.5) is 0 Å². The van der Waals surface area contributed by atoms with E-state index in [2.05, 4.69) is 21.3 Å². The minimum Gasteiger partial charge on any atom is -0.456 e. The molecule has 4 N–H and O–H groups in total. The zero-order valence-corrected chi connectivity index (χ0v) is 23.1. The van der Waals surface area contributed by atoms with Gasteiger partial charge in [0, 0.05) is 17.9 Å². The number of hydrogen-bond acceptors (Lipinski definition) is 8. The Kier molecular flexibility index (Phi) is 11.5. The van der Waals surface area contributed by atoms with Gasteiger partial charge in [0.1, 0.15) is 30.8 Å². The second-order valence-corrected chi connectivity index (χ2v) is 12.0. The predicted octanol–water partition coefficient (Wildman–Crippen LogP) is 1.11. The molecule has 1 aromatic carbocycles. The first-order valence-electron chi connectivity index (χ1n) is 12.5. The number of carbonyl (C=O) groups excluding carboxylic acids is 5. The highest BCUT2D eigenvalue weighted by atomic mass is 33.1. The highest BCUT2D eigenvalue weighted by Crippen LogP contribution is 2.24. The largest absolute Gasteiger partial charge is 0.456 e. The van der Waals surface area contributed by atoms with Crippen LogP contribution in [0.5, 0.6) is 0 Å². The lowest BCUT2D eigenvalue weighted by Crippen LogP contribution is -2.59. The van der Waals surface area contributed by atoms with Gasteiger partial charge in [-0.05, 0) is 24.0 Å². The maximum atomic E-state index is 13.4. The van der Waals surface area contributed by atoms with Crippen LogP contribution in [0.25, 0.3) is 0 Å². The Labute approximate surface area is 230 Å². The fourth-order valence-electron chi connectivity index (χ4n) is 3.91. The summed E-state index contributed by atoms with van der Waals surface area (Å²) in [5, 5.41) is 10.8. The molecule has 0 saturated carbocycles. The zero-order chi connectivity index (χ0) is 27.5. The van der Waals surface area contributed by atoms with E-state index < -0.39 is 60.4 Å². The first kappa shape index (κ1) is 29.6. The van der Waals surface area contributed by atoms with Crippen molar-refractivity contribution >= 4 is 51.2 Å². The molecule has 0 aromatic heterocycles. The normalized spacial score (nSPS) is 27.3. The van der Waals surface area contributed by atoms with Gasteiger partial charge in [-0.2, -0.15) is 0 Å². The summed E-state index contributed by atoms with van der Waals surface area (Å²) in [6, 6.07) is 6.32. The number of allylic oxidation sites excluding steroid dienone is 1. The van der Waals surface area contributed by atoms with E-state index in [0.717, 1.165) is 5.56 Å². The summed E-state index contributed by atoms with van der Waals surface area (Å²) in [6.45, 7) is 3.15. The van der Waals surface area contributed by atoms with Gasteiger partial charge in [-0.15, -0.1) is 0 Å². The van der Waals surface area contributed by atoms with Crippen LogP contribution in [0.3, 0.4) is 0 Å². The van der Waals surface area contributed by atoms with Crippen molar-refractivity contribution < 1.29 is 28.7 Å². The summed E-state index contributed by atoms with van der Waals surface area (Å²) in [6.07, 6.45) is 3.28. The van der Waals surface area contributed by atoms with Crippen LogP contribution in [0.2, 0.25) is 0 Å². The van der Waals surface area contributed by atoms with Crippen molar-refractivity contribution in [2.24, 2.45) is 5.92 Å². The number of carbonyl (C=O) groups is 5. The number of benzene rings is 1. The molecule has 206 valence electrons. The lowest BCUT2D eigenvalue weighted by Gasteiger charge is -2.27. The van der Waals surface area contributed by atoms with E-state index in [4.69, 9.17) is 4.74 Å². The van der Waals surface area contributed by atoms with Gasteiger partial charge in [0.05, 0.1) is 6.42 Å². The lowest BCUT2D eigenvalue weighted by atomic mass is 10.0. The number of hydrogen-bond donors (Lipinski definition) is 4. The van der Waals surface area contributed by atoms with Crippen molar-refractivity contribution in [1.29, 1.82) is 0 Å². The van der Waals surface area contributed by atoms with Crippen LogP contribution in [0, 0.1) is 5.92 Å². The molecule has 1 aromatic rings. The van der Waals surface area contributed by atoms with Gasteiger partial charge in [-0.3, -0.25) is 24.0 Å². The quantitative estimate of drug-likeness (QED) is 0.244. The molecule has 0 unspecified atom stereocenters. The van der Waals surface area contributed by atoms with Crippen molar-refractivity contribution in [3.8, 4) is 0 Å². The van der Waals surface area contributed by atoms with Crippen LogP contribution in [0.1, 0.15) is 32.3 Å². The zero-order valence-electron chi connectivity index (χ0n) is 21.4. The molecule has 2 heterocycles. The van der Waals surface area contributed by atoms with Gasteiger partial charge < -0.3 is 26.0 Å². The summed E-state index contributed by atoms with van der Waals surface area (Å²) >= 11 is 0. The fraction of sp³-hybridized carbons (Fsp3) is 0.500. The van der Waals surface area contributed by atoms with Gasteiger partial charge >= 0.3 is 5.97 Å². The number of amides is 4. The third-order valence-corrected chi connectivity index (χ3v) is 8.37. The molecule has 12 heteroatoms. The van der Waals surface area contributed by atoms with Gasteiger partial charge in [0.15, 0.2) is 0 Å². The molecular weight excluding hydrogens is 528 g/mol. The van der Waals surface area contributed by atoms with Gasteiger partial charge in [0.25, 0.3) is 0 Å². The van der Waals surface area contributed by atoms with Crippen LogP contribution < -0.4 is 21.3 Å². The molecule has 2 aliphatic heterocycles. The van der Waals surface area contributed by atoms with Crippen LogP contribution in [-0.2, 0) is 35.1 Å². The molecule has 2 aliphatic rings. The van der Waals surface area contributed by atoms with E-state index in [9.17, 15) is 24.0 Å².